The van der Waals surface area contributed by atoms with E-state index >= 15 is 0 Å². The highest BCUT2D eigenvalue weighted by atomic mass is 16.5. The van der Waals surface area contributed by atoms with Gasteiger partial charge in [-0.25, -0.2) is 0 Å². The molecule has 1 aromatic heterocycles. The quantitative estimate of drug-likeness (QED) is 0.874. The fourth-order valence-electron chi connectivity index (χ4n) is 2.45. The molecule has 3 heteroatoms. The molecule has 2 rings (SSSR count). The smallest absolute Gasteiger partial charge is 0.127 e. The average molecular weight is 234 g/mol. The molecule has 0 saturated heterocycles. The van der Waals surface area contributed by atoms with Gasteiger partial charge in [0.2, 0.25) is 0 Å². The number of rotatable bonds is 3. The van der Waals surface area contributed by atoms with E-state index in [9.17, 15) is 0 Å². The van der Waals surface area contributed by atoms with Crippen LogP contribution >= 0.6 is 0 Å². The first-order valence-electron chi connectivity index (χ1n) is 6.53. The van der Waals surface area contributed by atoms with Gasteiger partial charge in [-0.15, -0.1) is 0 Å². The van der Waals surface area contributed by atoms with Crippen molar-refractivity contribution in [3.05, 3.63) is 23.5 Å². The predicted octanol–water partition coefficient (Wildman–Crippen LogP) is 2.81. The molecule has 1 aliphatic rings. The van der Waals surface area contributed by atoms with Crippen LogP contribution in [0.25, 0.3) is 0 Å². The second-order valence-corrected chi connectivity index (χ2v) is 5.06. The zero-order valence-electron chi connectivity index (χ0n) is 10.8. The Bertz CT molecular complexity index is 378. The van der Waals surface area contributed by atoms with Crippen molar-refractivity contribution in [1.82, 2.24) is 4.98 Å². The Labute approximate surface area is 103 Å². The van der Waals surface area contributed by atoms with E-state index in [4.69, 9.17) is 10.5 Å². The number of nitrogens with two attached hydrogens (primary N) is 1. The van der Waals surface area contributed by atoms with E-state index in [0.717, 1.165) is 23.4 Å². The fourth-order valence-corrected chi connectivity index (χ4v) is 2.45. The molecule has 2 unspecified atom stereocenters. The second-order valence-electron chi connectivity index (χ2n) is 5.06. The number of hydrogen-bond donors (Lipinski definition) is 1. The third-order valence-corrected chi connectivity index (χ3v) is 3.61. The maximum Gasteiger partial charge on any atom is 0.127 e. The Morgan fingerprint density at radius 2 is 2.18 bits per heavy atom. The average Bonchev–Trinajstić information content (AvgIpc) is 2.32. The van der Waals surface area contributed by atoms with Crippen LogP contribution in [0.4, 0.5) is 0 Å². The predicted molar refractivity (Wildman–Crippen MR) is 68.9 cm³/mol. The highest BCUT2D eigenvalue weighted by Crippen LogP contribution is 2.29. The molecule has 1 fully saturated rings. The lowest BCUT2D eigenvalue weighted by Gasteiger charge is -2.30. The number of pyridine rings is 1. The van der Waals surface area contributed by atoms with E-state index < -0.39 is 0 Å². The molecular formula is C14H22N2O. The van der Waals surface area contributed by atoms with Gasteiger partial charge in [-0.2, -0.15) is 0 Å². The Morgan fingerprint density at radius 3 is 2.88 bits per heavy atom. The van der Waals surface area contributed by atoms with E-state index in [1.54, 1.807) is 0 Å². The van der Waals surface area contributed by atoms with Gasteiger partial charge in [0.25, 0.3) is 0 Å². The molecule has 0 radical (unpaired) electrons. The lowest BCUT2D eigenvalue weighted by molar-refractivity contribution is 0.101. The number of hydrogen-bond acceptors (Lipinski definition) is 3. The molecule has 1 heterocycles. The summed E-state index contributed by atoms with van der Waals surface area (Å²) in [5.41, 5.74) is 7.71. The van der Waals surface area contributed by atoms with Crippen LogP contribution in [0.5, 0.6) is 5.75 Å². The van der Waals surface area contributed by atoms with Gasteiger partial charge in [0.05, 0.1) is 0 Å². The summed E-state index contributed by atoms with van der Waals surface area (Å²) >= 11 is 0. The monoisotopic (exact) mass is 234 g/mol. The van der Waals surface area contributed by atoms with Crippen LogP contribution in [-0.4, -0.2) is 11.1 Å². The first-order valence-corrected chi connectivity index (χ1v) is 6.53. The summed E-state index contributed by atoms with van der Waals surface area (Å²) in [7, 11) is 0. The van der Waals surface area contributed by atoms with Crippen LogP contribution in [0.2, 0.25) is 0 Å². The number of aromatic nitrogens is 1. The van der Waals surface area contributed by atoms with Crippen LogP contribution in [0.3, 0.4) is 0 Å². The molecule has 2 N–H and O–H groups in total. The van der Waals surface area contributed by atoms with Gasteiger partial charge in [0.15, 0.2) is 0 Å². The minimum Gasteiger partial charge on any atom is -0.490 e. The van der Waals surface area contributed by atoms with Crippen LogP contribution in [0.15, 0.2) is 12.3 Å². The summed E-state index contributed by atoms with van der Waals surface area (Å²) in [6, 6.07) is 2.00. The second kappa shape index (κ2) is 5.50. The molecule has 0 amide bonds. The summed E-state index contributed by atoms with van der Waals surface area (Å²) in [6.07, 6.45) is 7.21. The standard InChI is InChI=1S/C14H22N2O/c1-10-5-3-4-6-13(10)17-14-7-11(2)16-9-12(14)8-15/h7,9-10,13H,3-6,8,15H2,1-2H3. The van der Waals surface area contributed by atoms with Gasteiger partial charge in [-0.3, -0.25) is 4.98 Å². The maximum atomic E-state index is 6.15. The minimum absolute atomic E-state index is 0.343. The van der Waals surface area contributed by atoms with E-state index in [0.29, 0.717) is 18.6 Å². The normalized spacial score (nSPS) is 24.6. The first kappa shape index (κ1) is 12.4. The van der Waals surface area contributed by atoms with Crippen molar-refractivity contribution in [2.24, 2.45) is 11.7 Å². The summed E-state index contributed by atoms with van der Waals surface area (Å²) < 4.78 is 6.15. The van der Waals surface area contributed by atoms with E-state index in [1.807, 2.05) is 19.2 Å². The van der Waals surface area contributed by atoms with Crippen molar-refractivity contribution in [2.45, 2.75) is 52.2 Å². The van der Waals surface area contributed by atoms with Crippen molar-refractivity contribution in [3.8, 4) is 5.75 Å². The Hall–Kier alpha value is -1.09. The van der Waals surface area contributed by atoms with Gasteiger partial charge in [-0.05, 0) is 32.1 Å². The molecule has 0 aromatic carbocycles. The van der Waals surface area contributed by atoms with Crippen LogP contribution in [0, 0.1) is 12.8 Å². The van der Waals surface area contributed by atoms with Gasteiger partial charge >= 0.3 is 0 Å². The molecule has 0 bridgehead atoms. The first-order chi connectivity index (χ1) is 8.20. The van der Waals surface area contributed by atoms with Crippen molar-refractivity contribution in [2.75, 3.05) is 0 Å². The topological polar surface area (TPSA) is 48.1 Å². The van der Waals surface area contributed by atoms with E-state index in [2.05, 4.69) is 11.9 Å². The van der Waals surface area contributed by atoms with Gasteiger partial charge in [-0.1, -0.05) is 13.3 Å². The zero-order chi connectivity index (χ0) is 12.3. The molecule has 0 aliphatic heterocycles. The van der Waals surface area contributed by atoms with Crippen LogP contribution in [-0.2, 0) is 6.54 Å². The largest absolute Gasteiger partial charge is 0.490 e. The van der Waals surface area contributed by atoms with Gasteiger partial charge in [0, 0.05) is 30.1 Å². The summed E-state index contributed by atoms with van der Waals surface area (Å²) in [5.74, 6) is 1.57. The SMILES string of the molecule is Cc1cc(OC2CCCCC2C)c(CN)cn1. The number of aryl methyl sites for hydroxylation is 1. The molecule has 1 aliphatic carbocycles. The lowest BCUT2D eigenvalue weighted by atomic mass is 9.88. The van der Waals surface area contributed by atoms with Crippen molar-refractivity contribution >= 4 is 0 Å². The molecule has 94 valence electrons. The molecule has 17 heavy (non-hydrogen) atoms. The number of ether oxygens (including phenoxy) is 1. The molecular weight excluding hydrogens is 212 g/mol. The van der Waals surface area contributed by atoms with Gasteiger partial charge < -0.3 is 10.5 Å². The Morgan fingerprint density at radius 1 is 1.41 bits per heavy atom. The maximum absolute atomic E-state index is 6.15. The Balaban J connectivity index is 2.13. The van der Waals surface area contributed by atoms with Crippen molar-refractivity contribution < 1.29 is 4.74 Å². The summed E-state index contributed by atoms with van der Waals surface area (Å²) in [5, 5.41) is 0. The molecule has 1 aromatic rings. The van der Waals surface area contributed by atoms with Crippen LogP contribution < -0.4 is 10.5 Å². The fraction of sp³-hybridized carbons (Fsp3) is 0.643. The molecule has 0 spiro atoms. The lowest BCUT2D eigenvalue weighted by Crippen LogP contribution is -2.28. The highest BCUT2D eigenvalue weighted by Gasteiger charge is 2.23. The third kappa shape index (κ3) is 2.97. The van der Waals surface area contributed by atoms with Crippen molar-refractivity contribution in [3.63, 3.8) is 0 Å². The molecule has 2 atom stereocenters. The van der Waals surface area contributed by atoms with E-state index in [-0.39, 0.29) is 0 Å². The van der Waals surface area contributed by atoms with Crippen molar-refractivity contribution in [1.29, 1.82) is 0 Å². The van der Waals surface area contributed by atoms with Crippen LogP contribution in [0.1, 0.15) is 43.9 Å². The number of nitrogens with zero attached hydrogens (tertiary/aromatic N) is 1. The summed E-state index contributed by atoms with van der Waals surface area (Å²) in [4.78, 5) is 4.26. The minimum atomic E-state index is 0.343. The summed E-state index contributed by atoms with van der Waals surface area (Å²) in [6.45, 7) is 4.75. The van der Waals surface area contributed by atoms with Gasteiger partial charge in [0.1, 0.15) is 11.9 Å². The molecule has 1 saturated carbocycles. The highest BCUT2D eigenvalue weighted by molar-refractivity contribution is 5.33. The Kier molecular flexibility index (Phi) is 4.00. The molecule has 3 nitrogen and oxygen atoms in total. The van der Waals surface area contributed by atoms with E-state index in [1.165, 1.54) is 19.3 Å². The zero-order valence-corrected chi connectivity index (χ0v) is 10.8. The third-order valence-electron chi connectivity index (χ3n) is 3.61.